The molecule has 42 valence electrons. The third-order valence-electron chi connectivity index (χ3n) is 0.510. The van der Waals surface area contributed by atoms with Crippen LogP contribution in [0.3, 0.4) is 0 Å². The molecule has 0 rings (SSSR count). The first-order valence-corrected chi connectivity index (χ1v) is 2.24. The molecule has 2 heteroatoms. The molecule has 0 bridgehead atoms. The number of hydrogen-bond acceptors (Lipinski definition) is 2. The fourth-order valence-electron chi connectivity index (χ4n) is 0.194. The first kappa shape index (κ1) is 6.63. The van der Waals surface area contributed by atoms with E-state index in [1.165, 1.54) is 0 Å². The van der Waals surface area contributed by atoms with Gasteiger partial charge in [-0.1, -0.05) is 0 Å². The van der Waals surface area contributed by atoms with Gasteiger partial charge < -0.3 is 4.74 Å². The third kappa shape index (κ3) is 5.63. The lowest BCUT2D eigenvalue weighted by Gasteiger charge is -1.88. The van der Waals surface area contributed by atoms with Gasteiger partial charge in [0.05, 0.1) is 0 Å². The Morgan fingerprint density at radius 3 is 2.29 bits per heavy atom. The van der Waals surface area contributed by atoms with Crippen LogP contribution in [0.4, 0.5) is 0 Å². The van der Waals surface area contributed by atoms with Crippen LogP contribution in [0.5, 0.6) is 0 Å². The van der Waals surface area contributed by atoms with Crippen LogP contribution in [0, 0.1) is 0 Å². The molecule has 0 saturated heterocycles. The summed E-state index contributed by atoms with van der Waals surface area (Å²) in [7, 11) is 1.63. The van der Waals surface area contributed by atoms with E-state index in [2.05, 4.69) is 9.73 Å². The largest absolute Gasteiger partial charge is 0.363 e. The Morgan fingerprint density at radius 1 is 1.57 bits per heavy atom. The maximum absolute atomic E-state index is 4.67. The topological polar surface area (TPSA) is 21.6 Å². The lowest BCUT2D eigenvalue weighted by molar-refractivity contribution is 0.209. The van der Waals surface area contributed by atoms with Crippen molar-refractivity contribution >= 4 is 5.71 Å². The van der Waals surface area contributed by atoms with E-state index in [1.807, 2.05) is 13.8 Å². The lowest BCUT2D eigenvalue weighted by atomic mass is 10.5. The van der Waals surface area contributed by atoms with Crippen molar-refractivity contribution < 1.29 is 4.74 Å². The summed E-state index contributed by atoms with van der Waals surface area (Å²) in [5.74, 6) is 0. The van der Waals surface area contributed by atoms with Crippen molar-refractivity contribution in [3.8, 4) is 0 Å². The zero-order valence-corrected chi connectivity index (χ0v) is 5.06. The summed E-state index contributed by atoms with van der Waals surface area (Å²) in [5.41, 5.74) is 1.06. The second-order valence-corrected chi connectivity index (χ2v) is 1.52. The molecule has 0 unspecified atom stereocenters. The number of methoxy groups -OCH3 is 1. The minimum Gasteiger partial charge on any atom is -0.363 e. The first-order chi connectivity index (χ1) is 3.27. The van der Waals surface area contributed by atoms with Gasteiger partial charge in [-0.25, -0.2) is 0 Å². The predicted molar refractivity (Wildman–Crippen MR) is 30.7 cm³/mol. The van der Waals surface area contributed by atoms with Crippen molar-refractivity contribution in [3.05, 3.63) is 0 Å². The van der Waals surface area contributed by atoms with Crippen molar-refractivity contribution in [1.29, 1.82) is 0 Å². The molecule has 0 aliphatic heterocycles. The number of rotatable bonds is 2. The van der Waals surface area contributed by atoms with Gasteiger partial charge in [0.1, 0.15) is 6.73 Å². The molecule has 7 heavy (non-hydrogen) atoms. The number of ether oxygens (including phenoxy) is 1. The van der Waals surface area contributed by atoms with Crippen LogP contribution in [0.2, 0.25) is 0 Å². The van der Waals surface area contributed by atoms with Gasteiger partial charge >= 0.3 is 0 Å². The SMILES string of the molecule is COCN=C(C)C. The molecule has 0 saturated carbocycles. The maximum atomic E-state index is 4.67. The number of hydrogen-bond donors (Lipinski definition) is 0. The molecule has 0 amide bonds. The molecule has 0 spiro atoms. The summed E-state index contributed by atoms with van der Waals surface area (Å²) in [5, 5.41) is 0. The lowest BCUT2D eigenvalue weighted by Crippen LogP contribution is -1.87. The van der Waals surface area contributed by atoms with Crippen LogP contribution in [0.1, 0.15) is 13.8 Å². The summed E-state index contributed by atoms with van der Waals surface area (Å²) in [6, 6.07) is 0. The zero-order valence-electron chi connectivity index (χ0n) is 5.06. The van der Waals surface area contributed by atoms with Crippen LogP contribution < -0.4 is 0 Å². The molecule has 0 aromatic rings. The average Bonchev–Trinajstić information content (AvgIpc) is 1.61. The van der Waals surface area contributed by atoms with E-state index in [9.17, 15) is 0 Å². The molecule has 0 N–H and O–H groups in total. The molecule has 0 aromatic carbocycles. The van der Waals surface area contributed by atoms with Crippen LogP contribution in [-0.2, 0) is 4.74 Å². The molecule has 0 radical (unpaired) electrons. The Kier molecular flexibility index (Phi) is 3.61. The van der Waals surface area contributed by atoms with Gasteiger partial charge in [0.2, 0.25) is 0 Å². The fraction of sp³-hybridized carbons (Fsp3) is 0.800. The van der Waals surface area contributed by atoms with E-state index in [-0.39, 0.29) is 0 Å². The Balaban J connectivity index is 3.08. The van der Waals surface area contributed by atoms with E-state index in [1.54, 1.807) is 7.11 Å². The van der Waals surface area contributed by atoms with Crippen molar-refractivity contribution in [2.24, 2.45) is 4.99 Å². The summed E-state index contributed by atoms with van der Waals surface area (Å²) in [6.45, 7) is 4.38. The van der Waals surface area contributed by atoms with E-state index >= 15 is 0 Å². The quantitative estimate of drug-likeness (QED) is 0.477. The van der Waals surface area contributed by atoms with Gasteiger partial charge in [-0.3, -0.25) is 4.99 Å². The van der Waals surface area contributed by atoms with Crippen molar-refractivity contribution in [3.63, 3.8) is 0 Å². The molecular formula is C5H11NO. The molecular weight excluding hydrogens is 90.1 g/mol. The average molecular weight is 101 g/mol. The van der Waals surface area contributed by atoms with Gasteiger partial charge in [0.15, 0.2) is 0 Å². The van der Waals surface area contributed by atoms with Gasteiger partial charge in [0, 0.05) is 12.8 Å². The monoisotopic (exact) mass is 101 g/mol. The second kappa shape index (κ2) is 3.81. The minimum absolute atomic E-state index is 0.488. The smallest absolute Gasteiger partial charge is 0.136 e. The second-order valence-electron chi connectivity index (χ2n) is 1.52. The van der Waals surface area contributed by atoms with Crippen molar-refractivity contribution in [2.45, 2.75) is 13.8 Å². The molecule has 0 fully saturated rings. The van der Waals surface area contributed by atoms with Gasteiger partial charge in [0.25, 0.3) is 0 Å². The van der Waals surface area contributed by atoms with Crippen LogP contribution >= 0.6 is 0 Å². The highest BCUT2D eigenvalue weighted by Gasteiger charge is 1.72. The minimum atomic E-state index is 0.488. The molecule has 0 atom stereocenters. The Morgan fingerprint density at radius 2 is 2.14 bits per heavy atom. The van der Waals surface area contributed by atoms with Gasteiger partial charge in [-0.2, -0.15) is 0 Å². The summed E-state index contributed by atoms with van der Waals surface area (Å²) in [6.07, 6.45) is 0. The first-order valence-electron chi connectivity index (χ1n) is 2.24. The third-order valence-corrected chi connectivity index (χ3v) is 0.510. The van der Waals surface area contributed by atoms with E-state index in [0.29, 0.717) is 6.73 Å². The van der Waals surface area contributed by atoms with Crippen LogP contribution in [0.25, 0.3) is 0 Å². The molecule has 0 heterocycles. The van der Waals surface area contributed by atoms with E-state index < -0.39 is 0 Å². The highest BCUT2D eigenvalue weighted by molar-refractivity contribution is 5.78. The predicted octanol–water partition coefficient (Wildman–Crippen LogP) is 1.07. The highest BCUT2D eigenvalue weighted by atomic mass is 16.5. The number of aliphatic imine (C=N–C) groups is 1. The summed E-state index contributed by atoms with van der Waals surface area (Å²) in [4.78, 5) is 3.94. The van der Waals surface area contributed by atoms with E-state index in [0.717, 1.165) is 5.71 Å². The van der Waals surface area contributed by atoms with Crippen LogP contribution in [0.15, 0.2) is 4.99 Å². The molecule has 0 aliphatic carbocycles. The Bertz CT molecular complexity index is 64.5. The van der Waals surface area contributed by atoms with Gasteiger partial charge in [-0.15, -0.1) is 0 Å². The Hall–Kier alpha value is -0.370. The van der Waals surface area contributed by atoms with Crippen molar-refractivity contribution in [1.82, 2.24) is 0 Å². The van der Waals surface area contributed by atoms with Crippen LogP contribution in [-0.4, -0.2) is 19.6 Å². The molecule has 2 nitrogen and oxygen atoms in total. The Labute approximate surface area is 44.2 Å². The summed E-state index contributed by atoms with van der Waals surface area (Å²) < 4.78 is 4.67. The van der Waals surface area contributed by atoms with Gasteiger partial charge in [-0.05, 0) is 13.8 Å². The standard InChI is InChI=1S/C5H11NO/c1-5(2)6-4-7-3/h4H2,1-3H3. The van der Waals surface area contributed by atoms with E-state index in [4.69, 9.17) is 0 Å². The fourth-order valence-corrected chi connectivity index (χ4v) is 0.194. The van der Waals surface area contributed by atoms with Crippen molar-refractivity contribution in [2.75, 3.05) is 13.8 Å². The highest BCUT2D eigenvalue weighted by Crippen LogP contribution is 1.73. The normalized spacial score (nSPS) is 8.43. The zero-order chi connectivity index (χ0) is 5.70. The molecule has 0 aliphatic rings. The molecule has 0 aromatic heterocycles. The maximum Gasteiger partial charge on any atom is 0.136 e. The number of nitrogens with zero attached hydrogens (tertiary/aromatic N) is 1. The summed E-state index contributed by atoms with van der Waals surface area (Å²) >= 11 is 0.